The van der Waals surface area contributed by atoms with Gasteiger partial charge in [-0.05, 0) is 48.9 Å². The lowest BCUT2D eigenvalue weighted by Gasteiger charge is -2.21. The van der Waals surface area contributed by atoms with Crippen LogP contribution in [-0.4, -0.2) is 55.4 Å². The number of aromatic nitrogens is 4. The summed E-state index contributed by atoms with van der Waals surface area (Å²) in [6.45, 7) is -0.450. The zero-order valence-electron chi connectivity index (χ0n) is 24.6. The van der Waals surface area contributed by atoms with E-state index in [1.165, 1.54) is 12.1 Å². The van der Waals surface area contributed by atoms with Gasteiger partial charge in [0.15, 0.2) is 16.8 Å². The average molecular weight is 718 g/mol. The Hall–Kier alpha value is -4.98. The second kappa shape index (κ2) is 13.5. The normalized spacial score (nSPS) is 14.9. The predicted molar refractivity (Wildman–Crippen MR) is 158 cm³/mol. The van der Waals surface area contributed by atoms with Gasteiger partial charge in [-0.1, -0.05) is 23.9 Å². The fourth-order valence-corrected chi connectivity index (χ4v) is 5.27. The van der Waals surface area contributed by atoms with Gasteiger partial charge < -0.3 is 10.1 Å². The van der Waals surface area contributed by atoms with Crippen LogP contribution in [0.25, 0.3) is 17.2 Å². The summed E-state index contributed by atoms with van der Waals surface area (Å²) in [4.78, 5) is 38.0. The number of carbonyl (C=O) groups is 2. The molecule has 1 fully saturated rings. The lowest BCUT2D eigenvalue weighted by Crippen LogP contribution is -2.31. The summed E-state index contributed by atoms with van der Waals surface area (Å²) < 4.78 is 124. The highest BCUT2D eigenvalue weighted by molar-refractivity contribution is 8.15. The van der Waals surface area contributed by atoms with Gasteiger partial charge in [0.05, 0.1) is 34.9 Å². The SMILES string of the molecule is Cc1ccc(COCC(F)(F)F)c(N2C(=O)CSC2=NC(=O)Nc2ccc(-c3ncn(-c4ccc(C(F)(F)F)cn4)n3)cc2C(F)(F)F)c1. The molecular formula is C29H20F9N7O3S. The van der Waals surface area contributed by atoms with Crippen LogP contribution in [0.15, 0.2) is 66.0 Å². The van der Waals surface area contributed by atoms with E-state index in [1.807, 2.05) is 5.32 Å². The number of aryl methyl sites for hydroxylation is 1. The number of pyridine rings is 1. The number of amides is 3. The Kier molecular flexibility index (Phi) is 9.73. The first-order valence-corrected chi connectivity index (χ1v) is 14.6. The van der Waals surface area contributed by atoms with Crippen molar-refractivity contribution >= 4 is 40.2 Å². The number of halogens is 9. The van der Waals surface area contributed by atoms with E-state index >= 15 is 0 Å². The van der Waals surface area contributed by atoms with Crippen molar-refractivity contribution in [3.05, 3.63) is 83.3 Å². The number of hydrogen-bond acceptors (Lipinski definition) is 7. The van der Waals surface area contributed by atoms with Crippen molar-refractivity contribution < 1.29 is 53.8 Å². The van der Waals surface area contributed by atoms with Crippen LogP contribution in [0.4, 0.5) is 55.7 Å². The molecule has 0 aliphatic carbocycles. The molecule has 49 heavy (non-hydrogen) atoms. The number of nitrogens with one attached hydrogen (secondary N) is 1. The number of amidine groups is 1. The number of nitrogens with zero attached hydrogens (tertiary/aromatic N) is 6. The van der Waals surface area contributed by atoms with Crippen molar-refractivity contribution in [2.75, 3.05) is 22.6 Å². The summed E-state index contributed by atoms with van der Waals surface area (Å²) in [5, 5.41) is 5.80. The number of rotatable bonds is 7. The smallest absolute Gasteiger partial charge is 0.367 e. The molecular weight excluding hydrogens is 697 g/mol. The quantitative estimate of drug-likeness (QED) is 0.198. The number of alkyl halides is 9. The molecule has 1 saturated heterocycles. The van der Waals surface area contributed by atoms with Gasteiger partial charge in [-0.15, -0.1) is 5.10 Å². The molecule has 20 heteroatoms. The third-order valence-electron chi connectivity index (χ3n) is 6.59. The van der Waals surface area contributed by atoms with Gasteiger partial charge in [-0.25, -0.2) is 19.4 Å². The first kappa shape index (κ1) is 35.3. The van der Waals surface area contributed by atoms with E-state index in [0.29, 0.717) is 17.8 Å². The summed E-state index contributed by atoms with van der Waals surface area (Å²) >= 11 is 0.790. The molecule has 10 nitrogen and oxygen atoms in total. The molecule has 0 saturated carbocycles. The number of urea groups is 1. The van der Waals surface area contributed by atoms with Gasteiger partial charge in [-0.2, -0.15) is 44.5 Å². The zero-order chi connectivity index (χ0) is 35.7. The minimum Gasteiger partial charge on any atom is -0.367 e. The molecule has 5 rings (SSSR count). The molecule has 3 heterocycles. The van der Waals surface area contributed by atoms with Crippen molar-refractivity contribution in [1.29, 1.82) is 0 Å². The Morgan fingerprint density at radius 3 is 2.39 bits per heavy atom. The lowest BCUT2D eigenvalue weighted by atomic mass is 10.1. The first-order valence-electron chi connectivity index (χ1n) is 13.7. The molecule has 0 radical (unpaired) electrons. The fourth-order valence-electron chi connectivity index (χ4n) is 4.41. The maximum absolute atomic E-state index is 14.1. The van der Waals surface area contributed by atoms with Crippen molar-refractivity contribution in [3.63, 3.8) is 0 Å². The molecule has 1 N–H and O–H groups in total. The number of anilines is 2. The molecule has 1 aliphatic rings. The Morgan fingerprint density at radius 1 is 0.980 bits per heavy atom. The largest absolute Gasteiger partial charge is 0.418 e. The third-order valence-corrected chi connectivity index (χ3v) is 7.52. The molecule has 0 spiro atoms. The minimum atomic E-state index is -5.01. The predicted octanol–water partition coefficient (Wildman–Crippen LogP) is 7.42. The summed E-state index contributed by atoms with van der Waals surface area (Å²) in [6.07, 6.45) is -12.7. The monoisotopic (exact) mass is 717 g/mol. The van der Waals surface area contributed by atoms with Crippen molar-refractivity contribution in [2.24, 2.45) is 4.99 Å². The van der Waals surface area contributed by atoms with Gasteiger partial charge in [0.1, 0.15) is 12.9 Å². The highest BCUT2D eigenvalue weighted by atomic mass is 32.2. The van der Waals surface area contributed by atoms with Crippen LogP contribution in [0.2, 0.25) is 0 Å². The number of hydrogen-bond donors (Lipinski definition) is 1. The van der Waals surface area contributed by atoms with E-state index in [2.05, 4.69) is 20.1 Å². The van der Waals surface area contributed by atoms with Crippen LogP contribution >= 0.6 is 11.8 Å². The van der Waals surface area contributed by atoms with Crippen LogP contribution in [0.5, 0.6) is 0 Å². The number of benzene rings is 2. The fraction of sp³-hybridized carbons (Fsp3) is 0.241. The van der Waals surface area contributed by atoms with Gasteiger partial charge >= 0.3 is 24.6 Å². The third kappa shape index (κ3) is 8.55. The number of carbonyl (C=O) groups excluding carboxylic acids is 2. The van der Waals surface area contributed by atoms with Crippen LogP contribution in [-0.2, 0) is 28.5 Å². The van der Waals surface area contributed by atoms with Crippen LogP contribution < -0.4 is 10.2 Å². The number of ether oxygens (including phenoxy) is 1. The second-order valence-corrected chi connectivity index (χ2v) is 11.2. The minimum absolute atomic E-state index is 0.0856. The molecule has 4 aromatic rings. The van der Waals surface area contributed by atoms with E-state index < -0.39 is 60.5 Å². The summed E-state index contributed by atoms with van der Waals surface area (Å²) in [5.74, 6) is -1.13. The van der Waals surface area contributed by atoms with Crippen molar-refractivity contribution in [1.82, 2.24) is 19.7 Å². The maximum atomic E-state index is 14.1. The highest BCUT2D eigenvalue weighted by Crippen LogP contribution is 2.38. The lowest BCUT2D eigenvalue weighted by molar-refractivity contribution is -0.176. The number of aliphatic imine (C=N–C) groups is 1. The Bertz CT molecular complexity index is 1910. The van der Waals surface area contributed by atoms with Crippen molar-refractivity contribution in [2.45, 2.75) is 32.1 Å². The van der Waals surface area contributed by atoms with Crippen LogP contribution in [0.1, 0.15) is 22.3 Å². The van der Waals surface area contributed by atoms with Gasteiger partial charge in [0, 0.05) is 17.3 Å². The average Bonchev–Trinajstić information content (AvgIpc) is 3.63. The maximum Gasteiger partial charge on any atom is 0.418 e. The Morgan fingerprint density at radius 2 is 1.73 bits per heavy atom. The van der Waals surface area contributed by atoms with Crippen LogP contribution in [0, 0.1) is 6.92 Å². The van der Waals surface area contributed by atoms with E-state index in [1.54, 1.807) is 13.0 Å². The zero-order valence-corrected chi connectivity index (χ0v) is 25.4. The number of thioether (sulfide) groups is 1. The molecule has 2 aromatic heterocycles. The van der Waals surface area contributed by atoms with Gasteiger partial charge in [-0.3, -0.25) is 9.69 Å². The van der Waals surface area contributed by atoms with Gasteiger partial charge in [0.2, 0.25) is 5.91 Å². The molecule has 1 aliphatic heterocycles. The molecule has 0 atom stereocenters. The molecule has 2 aromatic carbocycles. The first-order chi connectivity index (χ1) is 22.9. The summed E-state index contributed by atoms with van der Waals surface area (Å²) in [7, 11) is 0. The van der Waals surface area contributed by atoms with Crippen molar-refractivity contribution in [3.8, 4) is 17.2 Å². The second-order valence-electron chi connectivity index (χ2n) is 10.3. The molecule has 3 amide bonds. The van der Waals surface area contributed by atoms with E-state index in [-0.39, 0.29) is 39.4 Å². The topological polar surface area (TPSA) is 115 Å². The highest BCUT2D eigenvalue weighted by Gasteiger charge is 2.36. The van der Waals surface area contributed by atoms with Gasteiger partial charge in [0.25, 0.3) is 0 Å². The van der Waals surface area contributed by atoms with E-state index in [4.69, 9.17) is 4.74 Å². The molecule has 0 unspecified atom stereocenters. The Balaban J connectivity index is 1.38. The van der Waals surface area contributed by atoms with E-state index in [0.717, 1.165) is 51.9 Å². The van der Waals surface area contributed by atoms with E-state index in [9.17, 15) is 49.1 Å². The van der Waals surface area contributed by atoms with Crippen LogP contribution in [0.3, 0.4) is 0 Å². The standard InChI is InChI=1S/C29H20F9N7O3S/c1-15-2-3-17(11-48-13-27(30,31)32)21(8-15)45-23(46)12-49-26(45)42-25(47)41-20-6-4-16(9-19(20)29(36,37)38)24-40-14-44(43-24)22-7-5-18(10-39-22)28(33,34)35/h2-10,14H,11-13H2,1H3,(H,41,47). The summed E-state index contributed by atoms with van der Waals surface area (Å²) in [6, 6.07) is 7.63. The summed E-state index contributed by atoms with van der Waals surface area (Å²) in [5.41, 5.74) is -2.36. The Labute approximate surface area is 274 Å². The molecule has 258 valence electrons. The molecule has 0 bridgehead atoms.